The van der Waals surface area contributed by atoms with E-state index in [4.69, 9.17) is 9.84 Å². The molecule has 0 radical (unpaired) electrons. The molecule has 1 aliphatic carbocycles. The lowest BCUT2D eigenvalue weighted by molar-refractivity contribution is -0.138. The topological polar surface area (TPSA) is 108 Å². The molecule has 0 spiro atoms. The number of carbonyl (C=O) groups is 3. The van der Waals surface area contributed by atoms with Crippen molar-refractivity contribution in [3.8, 4) is 11.1 Å². The first-order valence-corrected chi connectivity index (χ1v) is 11.4. The first-order valence-electron chi connectivity index (χ1n) is 11.4. The van der Waals surface area contributed by atoms with Gasteiger partial charge in [0, 0.05) is 24.4 Å². The number of rotatable bonds is 10. The molecule has 3 rings (SSSR count). The van der Waals surface area contributed by atoms with Gasteiger partial charge < -0.3 is 25.4 Å². The molecule has 0 heterocycles. The van der Waals surface area contributed by atoms with Crippen molar-refractivity contribution in [2.75, 3.05) is 27.2 Å². The normalized spacial score (nSPS) is 13.7. The van der Waals surface area contributed by atoms with Crippen molar-refractivity contribution >= 4 is 18.0 Å². The van der Waals surface area contributed by atoms with E-state index in [1.54, 1.807) is 32.8 Å². The largest absolute Gasteiger partial charge is 0.481 e. The lowest BCUT2D eigenvalue weighted by atomic mass is 9.97. The summed E-state index contributed by atoms with van der Waals surface area (Å²) in [7, 11) is 3.60. The first kappa shape index (κ1) is 25.2. The van der Waals surface area contributed by atoms with Crippen molar-refractivity contribution in [1.82, 2.24) is 15.5 Å². The molecule has 0 aromatic heterocycles. The second kappa shape index (κ2) is 10.7. The van der Waals surface area contributed by atoms with E-state index < -0.39 is 29.6 Å². The number of carboxylic acid groups (broad SMARTS) is 1. The predicted octanol–water partition coefficient (Wildman–Crippen LogP) is 3.21. The monoisotopic (exact) mass is 467 g/mol. The minimum absolute atomic E-state index is 0.0641. The number of benzene rings is 2. The Morgan fingerprint density at radius 3 is 2.12 bits per heavy atom. The van der Waals surface area contributed by atoms with Crippen LogP contribution in [-0.2, 0) is 14.3 Å². The Balaban J connectivity index is 1.64. The van der Waals surface area contributed by atoms with Crippen molar-refractivity contribution in [3.63, 3.8) is 0 Å². The number of likely N-dealkylation sites (N-methyl/N-ethyl adjacent to an activating group) is 1. The number of alkyl carbamates (subject to hydrolysis) is 1. The third-order valence-corrected chi connectivity index (χ3v) is 5.93. The molecule has 2 aromatic carbocycles. The van der Waals surface area contributed by atoms with Gasteiger partial charge in [0.2, 0.25) is 5.91 Å². The summed E-state index contributed by atoms with van der Waals surface area (Å²) in [6, 6.07) is 15.3. The fourth-order valence-corrected chi connectivity index (χ4v) is 4.24. The van der Waals surface area contributed by atoms with Gasteiger partial charge in [-0.15, -0.1) is 0 Å². The number of hydrogen-bond acceptors (Lipinski definition) is 5. The van der Waals surface area contributed by atoms with Crippen LogP contribution in [0.5, 0.6) is 0 Å². The van der Waals surface area contributed by atoms with Crippen molar-refractivity contribution in [2.24, 2.45) is 0 Å². The number of aliphatic carboxylic acids is 1. The lowest BCUT2D eigenvalue weighted by Gasteiger charge is -2.29. The highest BCUT2D eigenvalue weighted by atomic mass is 16.5. The highest BCUT2D eigenvalue weighted by molar-refractivity contribution is 5.86. The van der Waals surface area contributed by atoms with Gasteiger partial charge in [-0.1, -0.05) is 48.5 Å². The average Bonchev–Trinajstić information content (AvgIpc) is 3.09. The summed E-state index contributed by atoms with van der Waals surface area (Å²) in [6.45, 7) is 3.94. The molecule has 0 fully saturated rings. The van der Waals surface area contributed by atoms with Gasteiger partial charge in [-0.2, -0.15) is 0 Å². The molecular weight excluding hydrogens is 434 g/mol. The van der Waals surface area contributed by atoms with Gasteiger partial charge >= 0.3 is 12.1 Å². The second-order valence-corrected chi connectivity index (χ2v) is 9.55. The summed E-state index contributed by atoms with van der Waals surface area (Å²) < 4.78 is 5.58. The number of amides is 2. The zero-order chi connectivity index (χ0) is 24.9. The van der Waals surface area contributed by atoms with E-state index in [-0.39, 0.29) is 31.9 Å². The summed E-state index contributed by atoms with van der Waals surface area (Å²) in [5.41, 5.74) is 3.77. The van der Waals surface area contributed by atoms with Crippen LogP contribution in [0.15, 0.2) is 48.5 Å². The van der Waals surface area contributed by atoms with Crippen LogP contribution in [0.1, 0.15) is 43.7 Å². The minimum atomic E-state index is -0.927. The Bertz CT molecular complexity index is 1000. The molecule has 8 nitrogen and oxygen atoms in total. The number of fused-ring (bicyclic) bond motifs is 3. The maximum atomic E-state index is 12.9. The highest BCUT2D eigenvalue weighted by Gasteiger charge is 2.31. The Morgan fingerprint density at radius 1 is 1.03 bits per heavy atom. The van der Waals surface area contributed by atoms with E-state index in [9.17, 15) is 14.4 Å². The molecule has 0 saturated carbocycles. The summed E-state index contributed by atoms with van der Waals surface area (Å²) in [5.74, 6) is -1.39. The molecule has 1 aliphatic rings. The van der Waals surface area contributed by atoms with Gasteiger partial charge in [0.05, 0.1) is 0 Å². The molecule has 34 heavy (non-hydrogen) atoms. The van der Waals surface area contributed by atoms with Crippen molar-refractivity contribution in [2.45, 2.75) is 44.2 Å². The summed E-state index contributed by atoms with van der Waals surface area (Å²) in [5, 5.41) is 14.5. The Kier molecular flexibility index (Phi) is 7.94. The van der Waals surface area contributed by atoms with Crippen LogP contribution in [0.3, 0.4) is 0 Å². The quantitative estimate of drug-likeness (QED) is 0.495. The van der Waals surface area contributed by atoms with Crippen LogP contribution in [0, 0.1) is 0 Å². The number of ether oxygens (including phenoxy) is 1. The first-order chi connectivity index (χ1) is 16.1. The molecule has 0 saturated heterocycles. The lowest BCUT2D eigenvalue weighted by Crippen LogP contribution is -2.56. The van der Waals surface area contributed by atoms with Gasteiger partial charge in [0.1, 0.15) is 12.6 Å². The highest BCUT2D eigenvalue weighted by Crippen LogP contribution is 2.44. The Labute approximate surface area is 200 Å². The molecule has 3 N–H and O–H groups in total. The van der Waals surface area contributed by atoms with E-state index in [1.807, 2.05) is 36.4 Å². The number of nitrogens with zero attached hydrogens (tertiary/aromatic N) is 1. The zero-order valence-electron chi connectivity index (χ0n) is 20.1. The second-order valence-electron chi connectivity index (χ2n) is 9.55. The Hall–Kier alpha value is -3.39. The molecule has 182 valence electrons. The third-order valence-electron chi connectivity index (χ3n) is 5.93. The van der Waals surface area contributed by atoms with Crippen molar-refractivity contribution in [1.29, 1.82) is 0 Å². The van der Waals surface area contributed by atoms with E-state index >= 15 is 0 Å². The Morgan fingerprint density at radius 2 is 1.59 bits per heavy atom. The molecular formula is C26H33N3O5. The van der Waals surface area contributed by atoms with E-state index in [0.29, 0.717) is 0 Å². The van der Waals surface area contributed by atoms with Gasteiger partial charge in [0.15, 0.2) is 0 Å². The molecule has 2 amide bonds. The van der Waals surface area contributed by atoms with Crippen LogP contribution in [0.25, 0.3) is 11.1 Å². The maximum Gasteiger partial charge on any atom is 0.407 e. The van der Waals surface area contributed by atoms with Crippen LogP contribution in [-0.4, -0.2) is 66.8 Å². The summed E-state index contributed by atoms with van der Waals surface area (Å²) >= 11 is 0. The number of nitrogens with one attached hydrogen (secondary N) is 2. The number of carbonyl (C=O) groups excluding carboxylic acids is 2. The fourth-order valence-electron chi connectivity index (χ4n) is 4.24. The molecule has 0 aliphatic heterocycles. The van der Waals surface area contributed by atoms with Gasteiger partial charge in [-0.25, -0.2) is 4.79 Å². The van der Waals surface area contributed by atoms with Crippen LogP contribution < -0.4 is 10.6 Å². The SMILES string of the molecule is CN(C)CC(NC(=O)OCC1c2ccccc2-c2ccccc21)C(=O)NC(C)(C)CCC(=O)O. The predicted molar refractivity (Wildman–Crippen MR) is 130 cm³/mol. The van der Waals surface area contributed by atoms with Crippen molar-refractivity contribution < 1.29 is 24.2 Å². The number of hydrogen-bond donors (Lipinski definition) is 3. The summed E-state index contributed by atoms with van der Waals surface area (Å²) in [4.78, 5) is 38.3. The average molecular weight is 468 g/mol. The molecule has 0 bridgehead atoms. The smallest absolute Gasteiger partial charge is 0.407 e. The van der Waals surface area contributed by atoms with Gasteiger partial charge in [-0.05, 0) is 56.6 Å². The summed E-state index contributed by atoms with van der Waals surface area (Å²) in [6.07, 6.45) is -0.466. The maximum absolute atomic E-state index is 12.9. The standard InChI is InChI=1S/C26H33N3O5/c1-26(2,14-13-23(30)31)28-24(32)22(15-29(3)4)27-25(33)34-16-21-19-11-7-5-9-17(19)18-10-6-8-12-20(18)21/h5-12,21-22H,13-16H2,1-4H3,(H,27,33)(H,28,32)(H,30,31). The van der Waals surface area contributed by atoms with Gasteiger partial charge in [0.25, 0.3) is 0 Å². The molecule has 1 atom stereocenters. The fraction of sp³-hybridized carbons (Fsp3) is 0.423. The van der Waals surface area contributed by atoms with Crippen LogP contribution in [0.2, 0.25) is 0 Å². The molecule has 2 aromatic rings. The number of carboxylic acids is 1. The van der Waals surface area contributed by atoms with Gasteiger partial charge in [-0.3, -0.25) is 9.59 Å². The van der Waals surface area contributed by atoms with E-state index in [1.165, 1.54) is 0 Å². The zero-order valence-corrected chi connectivity index (χ0v) is 20.1. The molecule has 1 unspecified atom stereocenters. The molecule has 8 heteroatoms. The van der Waals surface area contributed by atoms with Crippen LogP contribution in [0.4, 0.5) is 4.79 Å². The van der Waals surface area contributed by atoms with E-state index in [0.717, 1.165) is 22.3 Å². The van der Waals surface area contributed by atoms with E-state index in [2.05, 4.69) is 22.8 Å². The third kappa shape index (κ3) is 6.35. The minimum Gasteiger partial charge on any atom is -0.481 e. The van der Waals surface area contributed by atoms with Crippen LogP contribution >= 0.6 is 0 Å². The van der Waals surface area contributed by atoms with Crippen molar-refractivity contribution in [3.05, 3.63) is 59.7 Å².